The van der Waals surface area contributed by atoms with Crippen LogP contribution in [0.25, 0.3) is 0 Å². The van der Waals surface area contributed by atoms with Gasteiger partial charge < -0.3 is 11.1 Å². The van der Waals surface area contributed by atoms with Crippen LogP contribution in [0.5, 0.6) is 0 Å². The summed E-state index contributed by atoms with van der Waals surface area (Å²) in [6, 6.07) is 5.07. The zero-order chi connectivity index (χ0) is 14.0. The van der Waals surface area contributed by atoms with Crippen LogP contribution >= 0.6 is 35.6 Å². The third-order valence-corrected chi connectivity index (χ3v) is 4.38. The molecule has 6 heteroatoms. The normalized spacial score (nSPS) is 17.6. The second-order valence-electron chi connectivity index (χ2n) is 5.26. The lowest BCUT2D eigenvalue weighted by atomic mass is 9.64. The number of nitrogens with two attached hydrogens (primary N) is 1. The molecule has 1 fully saturated rings. The standard InChI is InChI=1S/C14H18Cl2N2O.ClH/c1-9(17)13(19)18-8-14(5-2-6-14)11-4-3-10(15)7-12(11)16;/h3-4,7,9H,2,5-6,8,17H2,1H3,(H,18,19);1H. The number of carbonyl (C=O) groups is 1. The molecule has 0 aromatic heterocycles. The largest absolute Gasteiger partial charge is 0.354 e. The Labute approximate surface area is 135 Å². The number of amides is 1. The van der Waals surface area contributed by atoms with Gasteiger partial charge in [0.1, 0.15) is 0 Å². The lowest BCUT2D eigenvalue weighted by Gasteiger charge is -2.43. The topological polar surface area (TPSA) is 55.1 Å². The van der Waals surface area contributed by atoms with Crippen LogP contribution in [-0.4, -0.2) is 18.5 Å². The van der Waals surface area contributed by atoms with Crippen molar-refractivity contribution in [2.24, 2.45) is 5.73 Å². The zero-order valence-corrected chi connectivity index (χ0v) is 13.6. The SMILES string of the molecule is CC(N)C(=O)NCC1(c2ccc(Cl)cc2Cl)CCC1.Cl. The first-order chi connectivity index (χ1) is 8.94. The van der Waals surface area contributed by atoms with Gasteiger partial charge in [0, 0.05) is 22.0 Å². The molecular weight excluding hydrogens is 319 g/mol. The van der Waals surface area contributed by atoms with E-state index in [1.54, 1.807) is 13.0 Å². The van der Waals surface area contributed by atoms with Crippen LogP contribution in [0, 0.1) is 0 Å². The lowest BCUT2D eigenvalue weighted by Crippen LogP contribution is -2.49. The minimum absolute atomic E-state index is 0. The highest BCUT2D eigenvalue weighted by molar-refractivity contribution is 6.35. The Morgan fingerprint density at radius 3 is 2.55 bits per heavy atom. The van der Waals surface area contributed by atoms with Crippen LogP contribution in [0.2, 0.25) is 10.0 Å². The van der Waals surface area contributed by atoms with Crippen molar-refractivity contribution in [2.75, 3.05) is 6.54 Å². The van der Waals surface area contributed by atoms with Gasteiger partial charge in [-0.15, -0.1) is 12.4 Å². The molecule has 0 spiro atoms. The predicted octanol–water partition coefficient (Wildman–Crippen LogP) is 3.30. The smallest absolute Gasteiger partial charge is 0.236 e. The Morgan fingerprint density at radius 2 is 2.10 bits per heavy atom. The van der Waals surface area contributed by atoms with Gasteiger partial charge in [-0.1, -0.05) is 35.7 Å². The molecule has 1 aromatic carbocycles. The van der Waals surface area contributed by atoms with Gasteiger partial charge in [-0.25, -0.2) is 0 Å². The third kappa shape index (κ3) is 3.59. The summed E-state index contributed by atoms with van der Waals surface area (Å²) in [6.07, 6.45) is 3.19. The molecule has 1 amide bonds. The Balaban J connectivity index is 0.00000200. The van der Waals surface area contributed by atoms with Crippen molar-refractivity contribution in [3.05, 3.63) is 33.8 Å². The van der Waals surface area contributed by atoms with Crippen molar-refractivity contribution in [3.63, 3.8) is 0 Å². The second kappa shape index (κ2) is 6.99. The van der Waals surface area contributed by atoms with E-state index in [9.17, 15) is 4.79 Å². The van der Waals surface area contributed by atoms with Crippen LogP contribution in [0.3, 0.4) is 0 Å². The Morgan fingerprint density at radius 1 is 1.45 bits per heavy atom. The van der Waals surface area contributed by atoms with Crippen molar-refractivity contribution in [2.45, 2.75) is 37.6 Å². The molecule has 1 unspecified atom stereocenters. The minimum atomic E-state index is -0.488. The van der Waals surface area contributed by atoms with Crippen LogP contribution in [0.1, 0.15) is 31.7 Å². The molecule has 0 radical (unpaired) electrons. The van der Waals surface area contributed by atoms with Crippen molar-refractivity contribution in [3.8, 4) is 0 Å². The average molecular weight is 338 g/mol. The van der Waals surface area contributed by atoms with E-state index in [4.69, 9.17) is 28.9 Å². The maximum absolute atomic E-state index is 11.6. The lowest BCUT2D eigenvalue weighted by molar-refractivity contribution is -0.122. The van der Waals surface area contributed by atoms with E-state index < -0.39 is 6.04 Å². The van der Waals surface area contributed by atoms with Crippen LogP contribution in [0.4, 0.5) is 0 Å². The first kappa shape index (κ1) is 17.6. The van der Waals surface area contributed by atoms with E-state index in [2.05, 4.69) is 5.32 Å². The van der Waals surface area contributed by atoms with E-state index in [0.717, 1.165) is 24.8 Å². The van der Waals surface area contributed by atoms with Crippen LogP contribution < -0.4 is 11.1 Å². The molecule has 20 heavy (non-hydrogen) atoms. The summed E-state index contributed by atoms with van der Waals surface area (Å²) in [6.45, 7) is 2.26. The van der Waals surface area contributed by atoms with Gasteiger partial charge in [-0.05, 0) is 37.5 Å². The first-order valence-corrected chi connectivity index (χ1v) is 7.19. The summed E-state index contributed by atoms with van der Waals surface area (Å²) < 4.78 is 0. The molecule has 1 atom stereocenters. The highest BCUT2D eigenvalue weighted by Crippen LogP contribution is 2.46. The molecule has 0 aliphatic heterocycles. The summed E-state index contributed by atoms with van der Waals surface area (Å²) in [4.78, 5) is 11.6. The number of halogens is 3. The second-order valence-corrected chi connectivity index (χ2v) is 6.11. The van der Waals surface area contributed by atoms with Gasteiger partial charge in [-0.3, -0.25) is 4.79 Å². The summed E-state index contributed by atoms with van der Waals surface area (Å²) in [5, 5.41) is 4.21. The summed E-state index contributed by atoms with van der Waals surface area (Å²) >= 11 is 12.2. The Kier molecular flexibility index (Phi) is 6.14. The molecule has 1 saturated carbocycles. The van der Waals surface area contributed by atoms with Crippen LogP contribution in [0.15, 0.2) is 18.2 Å². The van der Waals surface area contributed by atoms with Gasteiger partial charge in [0.05, 0.1) is 6.04 Å². The highest BCUT2D eigenvalue weighted by atomic mass is 35.5. The minimum Gasteiger partial charge on any atom is -0.354 e. The number of hydrogen-bond donors (Lipinski definition) is 2. The number of rotatable bonds is 4. The number of carbonyl (C=O) groups excluding carboxylic acids is 1. The highest BCUT2D eigenvalue weighted by Gasteiger charge is 2.40. The Hall–Kier alpha value is -0.480. The summed E-state index contributed by atoms with van der Waals surface area (Å²) in [7, 11) is 0. The molecule has 0 heterocycles. The molecule has 0 saturated heterocycles. The number of nitrogens with one attached hydrogen (secondary N) is 1. The van der Waals surface area contributed by atoms with Crippen molar-refractivity contribution in [1.29, 1.82) is 0 Å². The summed E-state index contributed by atoms with van der Waals surface area (Å²) in [5.74, 6) is -0.128. The monoisotopic (exact) mass is 336 g/mol. The van der Waals surface area contributed by atoms with Gasteiger partial charge in [-0.2, -0.15) is 0 Å². The Bertz CT molecular complexity index is 487. The molecule has 3 nitrogen and oxygen atoms in total. The fourth-order valence-corrected chi connectivity index (χ4v) is 3.09. The molecule has 112 valence electrons. The van der Waals surface area contributed by atoms with Gasteiger partial charge >= 0.3 is 0 Å². The van der Waals surface area contributed by atoms with Gasteiger partial charge in [0.25, 0.3) is 0 Å². The van der Waals surface area contributed by atoms with Crippen molar-refractivity contribution < 1.29 is 4.79 Å². The molecule has 1 aliphatic rings. The summed E-state index contributed by atoms with van der Waals surface area (Å²) in [5.41, 5.74) is 6.56. The fourth-order valence-electron chi connectivity index (χ4n) is 2.48. The van der Waals surface area contributed by atoms with Gasteiger partial charge in [0.15, 0.2) is 0 Å². The van der Waals surface area contributed by atoms with Gasteiger partial charge in [0.2, 0.25) is 5.91 Å². The van der Waals surface area contributed by atoms with Crippen molar-refractivity contribution in [1.82, 2.24) is 5.32 Å². The maximum atomic E-state index is 11.6. The predicted molar refractivity (Wildman–Crippen MR) is 85.9 cm³/mol. The van der Waals surface area contributed by atoms with E-state index >= 15 is 0 Å². The quantitative estimate of drug-likeness (QED) is 0.885. The number of benzene rings is 1. The van der Waals surface area contributed by atoms with E-state index in [-0.39, 0.29) is 23.7 Å². The van der Waals surface area contributed by atoms with Crippen LogP contribution in [-0.2, 0) is 10.2 Å². The average Bonchev–Trinajstić information content (AvgIpc) is 2.29. The molecule has 0 bridgehead atoms. The van der Waals surface area contributed by atoms with E-state index in [1.165, 1.54) is 0 Å². The third-order valence-electron chi connectivity index (χ3n) is 3.83. The maximum Gasteiger partial charge on any atom is 0.236 e. The van der Waals surface area contributed by atoms with E-state index in [1.807, 2.05) is 12.1 Å². The first-order valence-electron chi connectivity index (χ1n) is 6.43. The fraction of sp³-hybridized carbons (Fsp3) is 0.500. The van der Waals surface area contributed by atoms with E-state index in [0.29, 0.717) is 16.6 Å². The van der Waals surface area contributed by atoms with Crippen molar-refractivity contribution >= 4 is 41.5 Å². The molecule has 3 N–H and O–H groups in total. The number of hydrogen-bond acceptors (Lipinski definition) is 2. The zero-order valence-electron chi connectivity index (χ0n) is 11.3. The molecule has 2 rings (SSSR count). The molecule has 1 aliphatic carbocycles. The molecular formula is C14H19Cl3N2O. The molecule has 1 aromatic rings.